The standard InChI is InChI=1S/C25H21N3O.C15H12N2/c1-16(29)22-13-20(18-8-9-18)14-26-24(22)12-17-7-10-21-23(11-17)27-15-28-25(21)19-5-3-2-4-6-19;1-11-7-8-13-14(9-11)16-10-17-15(13)12-5-3-2-4-6-12/h2-7,10-11,13-15,18H,8-9,12H2,1H3;2-10H,1H3. The zero-order valence-corrected chi connectivity index (χ0v) is 25.9. The van der Waals surface area contributed by atoms with Crippen molar-refractivity contribution in [2.75, 3.05) is 0 Å². The van der Waals surface area contributed by atoms with Crippen molar-refractivity contribution < 1.29 is 4.79 Å². The summed E-state index contributed by atoms with van der Waals surface area (Å²) in [4.78, 5) is 34.5. The third kappa shape index (κ3) is 6.28. The van der Waals surface area contributed by atoms with Crippen molar-refractivity contribution in [3.05, 3.63) is 150 Å². The molecule has 1 aliphatic carbocycles. The number of nitrogens with zero attached hydrogens (tertiary/aromatic N) is 5. The molecule has 1 fully saturated rings. The SMILES string of the molecule is CC(=O)c1cc(C2CC2)cnc1Cc1ccc2c(-c3ccccc3)ncnc2c1.Cc1ccc2c(-c3ccccc3)ncnc2c1. The predicted octanol–water partition coefficient (Wildman–Crippen LogP) is 8.97. The molecule has 6 nitrogen and oxygen atoms in total. The molecule has 6 heteroatoms. The number of rotatable bonds is 6. The summed E-state index contributed by atoms with van der Waals surface area (Å²) in [5.74, 6) is 0.660. The first-order valence-corrected chi connectivity index (χ1v) is 15.6. The molecule has 0 unspecified atom stereocenters. The van der Waals surface area contributed by atoms with E-state index in [2.05, 4.69) is 92.5 Å². The summed E-state index contributed by atoms with van der Waals surface area (Å²) in [6, 6.07) is 34.9. The normalized spacial score (nSPS) is 12.5. The lowest BCUT2D eigenvalue weighted by Crippen LogP contribution is -2.05. The molecule has 0 bridgehead atoms. The average Bonchev–Trinajstić information content (AvgIpc) is 3.95. The van der Waals surface area contributed by atoms with Crippen LogP contribution < -0.4 is 0 Å². The van der Waals surface area contributed by atoms with Crippen molar-refractivity contribution in [2.24, 2.45) is 0 Å². The van der Waals surface area contributed by atoms with Gasteiger partial charge in [0, 0.05) is 40.1 Å². The highest BCUT2D eigenvalue weighted by molar-refractivity contribution is 5.96. The van der Waals surface area contributed by atoms with Crippen LogP contribution in [0, 0.1) is 6.92 Å². The second-order valence-corrected chi connectivity index (χ2v) is 11.8. The molecule has 1 saturated carbocycles. The minimum Gasteiger partial charge on any atom is -0.294 e. The van der Waals surface area contributed by atoms with Gasteiger partial charge in [-0.2, -0.15) is 0 Å². The highest BCUT2D eigenvalue weighted by Crippen LogP contribution is 2.40. The summed E-state index contributed by atoms with van der Waals surface area (Å²) in [5, 5.41) is 2.12. The molecule has 0 aliphatic heterocycles. The van der Waals surface area contributed by atoms with Gasteiger partial charge in [-0.1, -0.05) is 84.9 Å². The van der Waals surface area contributed by atoms with Gasteiger partial charge in [-0.15, -0.1) is 0 Å². The van der Waals surface area contributed by atoms with Crippen molar-refractivity contribution >= 4 is 27.6 Å². The van der Waals surface area contributed by atoms with E-state index in [4.69, 9.17) is 0 Å². The number of aromatic nitrogens is 5. The first kappa shape index (κ1) is 29.1. The lowest BCUT2D eigenvalue weighted by atomic mass is 9.98. The summed E-state index contributed by atoms with van der Waals surface area (Å²) in [6.45, 7) is 3.70. The molecule has 4 aromatic carbocycles. The molecule has 224 valence electrons. The molecule has 1 aliphatic rings. The molecule has 0 N–H and O–H groups in total. The Balaban J connectivity index is 0.000000169. The van der Waals surface area contributed by atoms with E-state index in [1.807, 2.05) is 48.7 Å². The van der Waals surface area contributed by atoms with Crippen molar-refractivity contribution in [1.82, 2.24) is 24.9 Å². The maximum absolute atomic E-state index is 12.2. The van der Waals surface area contributed by atoms with E-state index in [9.17, 15) is 4.79 Å². The average molecular weight is 600 g/mol. The number of aryl methyl sites for hydroxylation is 1. The Morgan fingerprint density at radius 2 is 1.26 bits per heavy atom. The zero-order chi connectivity index (χ0) is 31.5. The fraction of sp³-hybridized carbons (Fsp3) is 0.150. The second kappa shape index (κ2) is 12.8. The Labute approximate surface area is 268 Å². The van der Waals surface area contributed by atoms with Crippen LogP contribution >= 0.6 is 0 Å². The van der Waals surface area contributed by atoms with Gasteiger partial charge < -0.3 is 0 Å². The fourth-order valence-corrected chi connectivity index (χ4v) is 5.82. The molecule has 3 heterocycles. The topological polar surface area (TPSA) is 81.5 Å². The van der Waals surface area contributed by atoms with Gasteiger partial charge in [-0.05, 0) is 67.5 Å². The van der Waals surface area contributed by atoms with Gasteiger partial charge in [0.25, 0.3) is 0 Å². The number of pyridine rings is 1. The molecule has 0 atom stereocenters. The number of hydrogen-bond acceptors (Lipinski definition) is 6. The zero-order valence-electron chi connectivity index (χ0n) is 25.9. The largest absolute Gasteiger partial charge is 0.294 e. The van der Waals surface area contributed by atoms with E-state index in [1.54, 1.807) is 19.6 Å². The Morgan fingerprint density at radius 1 is 0.674 bits per heavy atom. The number of benzene rings is 4. The van der Waals surface area contributed by atoms with Crippen molar-refractivity contribution in [1.29, 1.82) is 0 Å². The van der Waals surface area contributed by atoms with Crippen molar-refractivity contribution in [2.45, 2.75) is 39.0 Å². The van der Waals surface area contributed by atoms with Crippen LogP contribution in [0.25, 0.3) is 44.3 Å². The van der Waals surface area contributed by atoms with E-state index in [-0.39, 0.29) is 5.78 Å². The minimum absolute atomic E-state index is 0.0736. The van der Waals surface area contributed by atoms with Gasteiger partial charge >= 0.3 is 0 Å². The van der Waals surface area contributed by atoms with Crippen LogP contribution in [0.15, 0.2) is 122 Å². The van der Waals surface area contributed by atoms with Crippen LogP contribution in [0.5, 0.6) is 0 Å². The lowest BCUT2D eigenvalue weighted by molar-refractivity contribution is 0.101. The molecule has 0 saturated heterocycles. The van der Waals surface area contributed by atoms with Crippen LogP contribution in [0.1, 0.15) is 58.4 Å². The van der Waals surface area contributed by atoms with Gasteiger partial charge in [0.1, 0.15) is 12.7 Å². The first-order valence-electron chi connectivity index (χ1n) is 15.6. The molecular formula is C40H33N5O. The van der Waals surface area contributed by atoms with Crippen molar-refractivity contribution in [3.8, 4) is 22.5 Å². The van der Waals surface area contributed by atoms with Crippen LogP contribution in [0.2, 0.25) is 0 Å². The van der Waals surface area contributed by atoms with Gasteiger partial charge in [-0.3, -0.25) is 9.78 Å². The lowest BCUT2D eigenvalue weighted by Gasteiger charge is -2.10. The fourth-order valence-electron chi connectivity index (χ4n) is 5.82. The van der Waals surface area contributed by atoms with Crippen LogP contribution in [0.4, 0.5) is 0 Å². The third-order valence-electron chi connectivity index (χ3n) is 8.38. The summed E-state index contributed by atoms with van der Waals surface area (Å²) >= 11 is 0. The maximum Gasteiger partial charge on any atom is 0.161 e. The molecule has 0 spiro atoms. The summed E-state index contributed by atoms with van der Waals surface area (Å²) in [6.07, 6.45) is 8.19. The Kier molecular flexibility index (Phi) is 8.09. The highest BCUT2D eigenvalue weighted by Gasteiger charge is 2.25. The Morgan fingerprint density at radius 3 is 1.85 bits per heavy atom. The van der Waals surface area contributed by atoms with Gasteiger partial charge in [-0.25, -0.2) is 19.9 Å². The van der Waals surface area contributed by atoms with Crippen LogP contribution in [-0.2, 0) is 6.42 Å². The van der Waals surface area contributed by atoms with Crippen LogP contribution in [-0.4, -0.2) is 30.7 Å². The molecular weight excluding hydrogens is 566 g/mol. The smallest absolute Gasteiger partial charge is 0.161 e. The minimum atomic E-state index is 0.0736. The van der Waals surface area contributed by atoms with Gasteiger partial charge in [0.2, 0.25) is 0 Å². The Bertz CT molecular complexity index is 2180. The number of carbonyl (C=O) groups is 1. The molecule has 0 amide bonds. The predicted molar refractivity (Wildman–Crippen MR) is 184 cm³/mol. The third-order valence-corrected chi connectivity index (χ3v) is 8.38. The molecule has 3 aromatic heterocycles. The number of Topliss-reactive ketones (excluding diaryl/α,β-unsaturated/α-hetero) is 1. The highest BCUT2D eigenvalue weighted by atomic mass is 16.1. The first-order chi connectivity index (χ1) is 22.5. The molecule has 7 aromatic rings. The molecule has 8 rings (SSSR count). The maximum atomic E-state index is 12.2. The summed E-state index contributed by atoms with van der Waals surface area (Å²) in [7, 11) is 0. The Hall–Kier alpha value is -5.62. The quantitative estimate of drug-likeness (QED) is 0.178. The van der Waals surface area contributed by atoms with E-state index >= 15 is 0 Å². The van der Waals surface area contributed by atoms with Crippen LogP contribution in [0.3, 0.4) is 0 Å². The van der Waals surface area contributed by atoms with E-state index in [0.717, 1.165) is 61.1 Å². The van der Waals surface area contributed by atoms with Gasteiger partial charge in [0.15, 0.2) is 5.78 Å². The molecule has 0 radical (unpaired) electrons. The second-order valence-electron chi connectivity index (χ2n) is 11.8. The number of fused-ring (bicyclic) bond motifs is 2. The van der Waals surface area contributed by atoms with E-state index < -0.39 is 0 Å². The number of hydrogen-bond donors (Lipinski definition) is 0. The number of carbonyl (C=O) groups excluding carboxylic acids is 1. The van der Waals surface area contributed by atoms with Crippen molar-refractivity contribution in [3.63, 3.8) is 0 Å². The van der Waals surface area contributed by atoms with E-state index in [0.29, 0.717) is 12.3 Å². The monoisotopic (exact) mass is 599 g/mol. The summed E-state index contributed by atoms with van der Waals surface area (Å²) < 4.78 is 0. The van der Waals surface area contributed by atoms with Gasteiger partial charge in [0.05, 0.1) is 28.1 Å². The summed E-state index contributed by atoms with van der Waals surface area (Å²) in [5.41, 5.74) is 11.1. The molecule has 46 heavy (non-hydrogen) atoms. The number of ketones is 1. The van der Waals surface area contributed by atoms with E-state index in [1.165, 1.54) is 24.0 Å².